The number of rotatable bonds is 6. The predicted molar refractivity (Wildman–Crippen MR) is 81.2 cm³/mol. The summed E-state index contributed by atoms with van der Waals surface area (Å²) in [5, 5.41) is 7.59. The van der Waals surface area contributed by atoms with Crippen LogP contribution in [0.5, 0.6) is 11.5 Å². The van der Waals surface area contributed by atoms with Crippen LogP contribution in [0.25, 0.3) is 0 Å². The van der Waals surface area contributed by atoms with E-state index in [-0.39, 0.29) is 0 Å². The van der Waals surface area contributed by atoms with E-state index in [9.17, 15) is 0 Å². The molecule has 4 heteroatoms. The predicted octanol–water partition coefficient (Wildman–Crippen LogP) is 3.93. The summed E-state index contributed by atoms with van der Waals surface area (Å²) >= 11 is 0. The van der Waals surface area contributed by atoms with Crippen molar-refractivity contribution < 1.29 is 4.74 Å². The molecule has 0 aliphatic heterocycles. The molecular weight excluding hydrogens is 250 g/mol. The van der Waals surface area contributed by atoms with Crippen molar-refractivity contribution in [1.29, 1.82) is 0 Å². The van der Waals surface area contributed by atoms with Crippen molar-refractivity contribution in [1.82, 2.24) is 15.1 Å². The molecule has 0 fully saturated rings. The highest BCUT2D eigenvalue weighted by Crippen LogP contribution is 2.25. The third kappa shape index (κ3) is 3.39. The Balaban J connectivity index is 2.14. The molecule has 0 spiro atoms. The molecular formula is C16H23N3O. The van der Waals surface area contributed by atoms with Gasteiger partial charge in [-0.15, -0.1) is 0 Å². The van der Waals surface area contributed by atoms with Crippen molar-refractivity contribution in [2.75, 3.05) is 7.05 Å². The summed E-state index contributed by atoms with van der Waals surface area (Å²) in [6, 6.07) is 8.90. The molecule has 4 nitrogen and oxygen atoms in total. The molecule has 0 aliphatic carbocycles. The van der Waals surface area contributed by atoms with Gasteiger partial charge in [0.15, 0.2) is 5.75 Å². The van der Waals surface area contributed by atoms with Gasteiger partial charge in [0.25, 0.3) is 0 Å². The van der Waals surface area contributed by atoms with Crippen molar-refractivity contribution in [2.24, 2.45) is 0 Å². The second-order valence-corrected chi connectivity index (χ2v) is 5.17. The normalized spacial score (nSPS) is 12.7. The Morgan fingerprint density at radius 2 is 2.10 bits per heavy atom. The molecule has 0 saturated carbocycles. The first-order valence-corrected chi connectivity index (χ1v) is 7.13. The average Bonchev–Trinajstić information content (AvgIpc) is 2.89. The molecule has 2 rings (SSSR count). The third-order valence-corrected chi connectivity index (χ3v) is 3.36. The van der Waals surface area contributed by atoms with Crippen molar-refractivity contribution in [2.45, 2.75) is 39.3 Å². The SMILES string of the molecule is CCC(NC)c1cccc(Oc2cnn(C(C)C)c2)c1. The molecule has 1 unspecified atom stereocenters. The van der Waals surface area contributed by atoms with Gasteiger partial charge in [0.05, 0.1) is 12.4 Å². The second-order valence-electron chi connectivity index (χ2n) is 5.17. The average molecular weight is 273 g/mol. The quantitative estimate of drug-likeness (QED) is 0.866. The van der Waals surface area contributed by atoms with Gasteiger partial charge in [0.2, 0.25) is 0 Å². The highest BCUT2D eigenvalue weighted by Gasteiger charge is 2.08. The Morgan fingerprint density at radius 3 is 2.70 bits per heavy atom. The Morgan fingerprint density at radius 1 is 1.30 bits per heavy atom. The van der Waals surface area contributed by atoms with Crippen LogP contribution in [-0.2, 0) is 0 Å². The van der Waals surface area contributed by atoms with Crippen LogP contribution in [0.3, 0.4) is 0 Å². The lowest BCUT2D eigenvalue weighted by Gasteiger charge is -2.15. The Hall–Kier alpha value is -1.81. The Bertz CT molecular complexity index is 544. The summed E-state index contributed by atoms with van der Waals surface area (Å²) < 4.78 is 7.77. The van der Waals surface area contributed by atoms with Crippen LogP contribution in [0.15, 0.2) is 36.7 Å². The molecule has 0 aliphatic rings. The van der Waals surface area contributed by atoms with Gasteiger partial charge in [-0.25, -0.2) is 0 Å². The molecule has 20 heavy (non-hydrogen) atoms. The van der Waals surface area contributed by atoms with E-state index in [1.54, 1.807) is 6.20 Å². The van der Waals surface area contributed by atoms with Crippen LogP contribution in [0.4, 0.5) is 0 Å². The van der Waals surface area contributed by atoms with E-state index < -0.39 is 0 Å². The van der Waals surface area contributed by atoms with Crippen LogP contribution in [0.2, 0.25) is 0 Å². The van der Waals surface area contributed by atoms with E-state index in [1.165, 1.54) is 5.56 Å². The highest BCUT2D eigenvalue weighted by molar-refractivity contribution is 5.33. The zero-order chi connectivity index (χ0) is 14.5. The zero-order valence-corrected chi connectivity index (χ0v) is 12.6. The molecule has 0 saturated heterocycles. The van der Waals surface area contributed by atoms with Gasteiger partial charge in [-0.05, 0) is 45.0 Å². The summed E-state index contributed by atoms with van der Waals surface area (Å²) in [6.07, 6.45) is 4.72. The summed E-state index contributed by atoms with van der Waals surface area (Å²) in [5.41, 5.74) is 1.24. The topological polar surface area (TPSA) is 39.1 Å². The number of hydrogen-bond donors (Lipinski definition) is 1. The maximum atomic E-state index is 5.88. The van der Waals surface area contributed by atoms with E-state index in [1.807, 2.05) is 30.1 Å². The standard InChI is InChI=1S/C16H23N3O/c1-5-16(17-4)13-7-6-8-14(9-13)20-15-10-18-19(11-15)12(2)3/h6-12,16-17H,5H2,1-4H3. The van der Waals surface area contributed by atoms with E-state index in [0.29, 0.717) is 12.1 Å². The second kappa shape index (κ2) is 6.57. The smallest absolute Gasteiger partial charge is 0.165 e. The van der Waals surface area contributed by atoms with Crippen LogP contribution in [0, 0.1) is 0 Å². The minimum atomic E-state index is 0.340. The van der Waals surface area contributed by atoms with Crippen molar-refractivity contribution in [3.05, 3.63) is 42.2 Å². The summed E-state index contributed by atoms with van der Waals surface area (Å²) in [7, 11) is 1.98. The highest BCUT2D eigenvalue weighted by atomic mass is 16.5. The molecule has 2 aromatic rings. The van der Waals surface area contributed by atoms with Crippen molar-refractivity contribution in [3.8, 4) is 11.5 Å². The molecule has 1 N–H and O–H groups in total. The summed E-state index contributed by atoms with van der Waals surface area (Å²) in [5.74, 6) is 1.62. The van der Waals surface area contributed by atoms with Crippen LogP contribution in [-0.4, -0.2) is 16.8 Å². The molecule has 1 aromatic carbocycles. The van der Waals surface area contributed by atoms with Gasteiger partial charge in [-0.1, -0.05) is 19.1 Å². The van der Waals surface area contributed by atoms with Gasteiger partial charge in [-0.3, -0.25) is 4.68 Å². The lowest BCUT2D eigenvalue weighted by Crippen LogP contribution is -2.14. The van der Waals surface area contributed by atoms with Gasteiger partial charge in [0.1, 0.15) is 5.75 Å². The van der Waals surface area contributed by atoms with Crippen LogP contribution >= 0.6 is 0 Å². The van der Waals surface area contributed by atoms with E-state index >= 15 is 0 Å². The van der Waals surface area contributed by atoms with Gasteiger partial charge in [-0.2, -0.15) is 5.10 Å². The van der Waals surface area contributed by atoms with Gasteiger partial charge >= 0.3 is 0 Å². The van der Waals surface area contributed by atoms with Gasteiger partial charge in [0, 0.05) is 12.1 Å². The Kier molecular flexibility index (Phi) is 4.79. The molecule has 1 aromatic heterocycles. The molecule has 0 amide bonds. The van der Waals surface area contributed by atoms with E-state index in [0.717, 1.165) is 17.9 Å². The monoisotopic (exact) mass is 273 g/mol. The number of aromatic nitrogens is 2. The Labute approximate surface area is 120 Å². The minimum absolute atomic E-state index is 0.340. The first-order chi connectivity index (χ1) is 9.63. The number of benzene rings is 1. The number of nitrogens with zero attached hydrogens (tertiary/aromatic N) is 2. The summed E-state index contributed by atoms with van der Waals surface area (Å²) in [6.45, 7) is 6.35. The molecule has 108 valence electrons. The number of ether oxygens (including phenoxy) is 1. The van der Waals surface area contributed by atoms with E-state index in [4.69, 9.17) is 4.74 Å². The third-order valence-electron chi connectivity index (χ3n) is 3.36. The lowest BCUT2D eigenvalue weighted by molar-refractivity contribution is 0.474. The van der Waals surface area contributed by atoms with E-state index in [2.05, 4.69) is 43.3 Å². The summed E-state index contributed by atoms with van der Waals surface area (Å²) in [4.78, 5) is 0. The maximum absolute atomic E-state index is 5.88. The van der Waals surface area contributed by atoms with Crippen LogP contribution in [0.1, 0.15) is 44.8 Å². The molecule has 1 heterocycles. The zero-order valence-electron chi connectivity index (χ0n) is 12.6. The molecule has 0 radical (unpaired) electrons. The number of hydrogen-bond acceptors (Lipinski definition) is 3. The fourth-order valence-corrected chi connectivity index (χ4v) is 2.19. The first-order valence-electron chi connectivity index (χ1n) is 7.13. The molecule has 1 atom stereocenters. The van der Waals surface area contributed by atoms with Crippen LogP contribution < -0.4 is 10.1 Å². The fraction of sp³-hybridized carbons (Fsp3) is 0.438. The largest absolute Gasteiger partial charge is 0.454 e. The lowest BCUT2D eigenvalue weighted by atomic mass is 10.0. The molecule has 0 bridgehead atoms. The van der Waals surface area contributed by atoms with Gasteiger partial charge < -0.3 is 10.1 Å². The first kappa shape index (κ1) is 14.6. The van der Waals surface area contributed by atoms with Crippen molar-refractivity contribution in [3.63, 3.8) is 0 Å². The van der Waals surface area contributed by atoms with Crippen molar-refractivity contribution >= 4 is 0 Å². The maximum Gasteiger partial charge on any atom is 0.165 e. The minimum Gasteiger partial charge on any atom is -0.454 e. The number of nitrogens with one attached hydrogen (secondary N) is 1. The fourth-order valence-electron chi connectivity index (χ4n) is 2.19.